The maximum atomic E-state index is 3.86. The van der Waals surface area contributed by atoms with Gasteiger partial charge in [0.1, 0.15) is 0 Å². The highest BCUT2D eigenvalue weighted by atomic mass is 14.8. The summed E-state index contributed by atoms with van der Waals surface area (Å²) in [6, 6.07) is 18.0. The molecule has 1 aliphatic heterocycles. The van der Waals surface area contributed by atoms with Gasteiger partial charge in [0.25, 0.3) is 0 Å². The van der Waals surface area contributed by atoms with Gasteiger partial charge in [-0.2, -0.15) is 0 Å². The largest absolute Gasteiger partial charge is 0.355 e. The number of rotatable bonds is 0. The molecule has 8 bridgehead atoms. The van der Waals surface area contributed by atoms with Crippen LogP contribution in [0, 0.1) is 21.7 Å². The number of nitrogens with one attached hydrogen (secondary N) is 4. The van der Waals surface area contributed by atoms with Gasteiger partial charge in [-0.3, -0.25) is 0 Å². The second-order valence-electron chi connectivity index (χ2n) is 15.6. The van der Waals surface area contributed by atoms with E-state index < -0.39 is 0 Å². The first-order chi connectivity index (χ1) is 18.4. The number of aromatic nitrogens is 4. The quantitative estimate of drug-likeness (QED) is 0.204. The molecule has 0 aromatic carbocycles. The van der Waals surface area contributed by atoms with E-state index in [1.54, 1.807) is 0 Å². The lowest BCUT2D eigenvalue weighted by atomic mass is 9.84. The molecule has 0 fully saturated rings. The standard InChI is InChI=1S/C36H48N4/c1-33(2,3)29-21-13-15-23(37-21)30(34(4,5)6)25-17-19-27(39-25)32(36(10,11)12)28-20-18-26(40-28)31(35(7,8)9)24-16-14-22(29)38-24/h13-20,37-40H,1-12H3. The molecular weight excluding hydrogens is 488 g/mol. The van der Waals surface area contributed by atoms with Gasteiger partial charge >= 0.3 is 0 Å². The van der Waals surface area contributed by atoms with Crippen molar-refractivity contribution in [2.45, 2.75) is 83.1 Å². The molecule has 4 nitrogen and oxygen atoms in total. The molecule has 0 spiro atoms. The first-order valence-corrected chi connectivity index (χ1v) is 14.6. The smallest absolute Gasteiger partial charge is 0.0443 e. The Bertz CT molecular complexity index is 1550. The zero-order chi connectivity index (χ0) is 29.4. The number of H-pyrrole nitrogens is 4. The molecule has 40 heavy (non-hydrogen) atoms. The molecule has 0 saturated carbocycles. The molecule has 1 aliphatic rings. The van der Waals surface area contributed by atoms with Crippen LogP contribution in [-0.2, 0) is 0 Å². The Morgan fingerprint density at radius 3 is 0.675 bits per heavy atom. The minimum Gasteiger partial charge on any atom is -0.355 e. The van der Waals surface area contributed by atoms with Crippen LogP contribution in [-0.4, -0.2) is 19.9 Å². The van der Waals surface area contributed by atoms with Crippen molar-refractivity contribution in [3.8, 4) is 0 Å². The van der Waals surface area contributed by atoms with Crippen molar-refractivity contribution < 1.29 is 0 Å². The van der Waals surface area contributed by atoms with E-state index in [0.29, 0.717) is 0 Å². The fraction of sp³-hybridized carbons (Fsp3) is 0.444. The van der Waals surface area contributed by atoms with E-state index in [1.807, 2.05) is 0 Å². The van der Waals surface area contributed by atoms with Crippen molar-refractivity contribution in [2.24, 2.45) is 21.7 Å². The van der Waals surface area contributed by atoms with Crippen LogP contribution in [0.1, 0.15) is 106 Å². The summed E-state index contributed by atoms with van der Waals surface area (Å²) in [6.07, 6.45) is 0. The molecule has 212 valence electrons. The van der Waals surface area contributed by atoms with Crippen LogP contribution >= 0.6 is 0 Å². The second-order valence-corrected chi connectivity index (χ2v) is 15.6. The lowest BCUT2D eigenvalue weighted by Crippen LogP contribution is -2.27. The Balaban J connectivity index is 2.03. The number of aromatic amines is 4. The van der Waals surface area contributed by atoms with E-state index in [-0.39, 0.29) is 21.7 Å². The van der Waals surface area contributed by atoms with Gasteiger partial charge in [0, 0.05) is 66.5 Å². The van der Waals surface area contributed by atoms with Gasteiger partial charge in [0.05, 0.1) is 0 Å². The van der Waals surface area contributed by atoms with E-state index in [2.05, 4.69) is 152 Å². The first-order valence-electron chi connectivity index (χ1n) is 14.6. The van der Waals surface area contributed by atoms with Crippen LogP contribution in [0.2, 0.25) is 0 Å². The lowest BCUT2D eigenvalue weighted by Gasteiger charge is -2.24. The Hall–Kier alpha value is -3.40. The van der Waals surface area contributed by atoms with Crippen LogP contribution in [0.25, 0.3) is 22.3 Å². The van der Waals surface area contributed by atoms with Gasteiger partial charge in [0.15, 0.2) is 0 Å². The third kappa shape index (κ3) is 4.98. The number of hydrogen-bond donors (Lipinski definition) is 4. The molecule has 0 saturated heterocycles. The minimum absolute atomic E-state index is 0.0742. The maximum Gasteiger partial charge on any atom is 0.0443 e. The van der Waals surface area contributed by atoms with Gasteiger partial charge in [-0.1, -0.05) is 83.1 Å². The first kappa shape index (κ1) is 28.1. The Kier molecular flexibility index (Phi) is 6.37. The van der Waals surface area contributed by atoms with Crippen LogP contribution < -0.4 is 21.4 Å². The highest BCUT2D eigenvalue weighted by Crippen LogP contribution is 2.37. The van der Waals surface area contributed by atoms with Crippen molar-refractivity contribution in [2.75, 3.05) is 0 Å². The highest BCUT2D eigenvalue weighted by molar-refractivity contribution is 5.75. The fourth-order valence-corrected chi connectivity index (χ4v) is 6.56. The van der Waals surface area contributed by atoms with E-state index in [1.165, 1.54) is 22.3 Å². The van der Waals surface area contributed by atoms with Gasteiger partial charge < -0.3 is 19.9 Å². The minimum atomic E-state index is -0.0742. The van der Waals surface area contributed by atoms with Crippen molar-refractivity contribution in [3.05, 3.63) is 92.7 Å². The van der Waals surface area contributed by atoms with Crippen LogP contribution in [0.15, 0.2) is 48.5 Å². The van der Waals surface area contributed by atoms with E-state index >= 15 is 0 Å². The van der Waals surface area contributed by atoms with Gasteiger partial charge in [-0.15, -0.1) is 0 Å². The summed E-state index contributed by atoms with van der Waals surface area (Å²) >= 11 is 0. The Labute approximate surface area is 239 Å². The maximum absolute atomic E-state index is 3.86. The normalized spacial score (nSPS) is 15.3. The second kappa shape index (κ2) is 9.06. The molecular formula is C36H48N4. The predicted octanol–water partition coefficient (Wildman–Crippen LogP) is 6.29. The molecule has 0 unspecified atom stereocenters. The van der Waals surface area contributed by atoms with Crippen molar-refractivity contribution in [1.29, 1.82) is 0 Å². The van der Waals surface area contributed by atoms with Gasteiger partial charge in [-0.05, 0) is 70.2 Å². The SMILES string of the molecule is CC(C)(C)C1=c2ccc([nH]2)=C(C(C)(C)C)c2ccc([nH]2)C(C(C)(C)C)=c2ccc([nH]2)=C(C(C)(C)C)c2ccc1[nH]2. The van der Waals surface area contributed by atoms with Crippen LogP contribution in [0.3, 0.4) is 0 Å². The summed E-state index contributed by atoms with van der Waals surface area (Å²) < 4.78 is 0. The molecule has 0 amide bonds. The van der Waals surface area contributed by atoms with Crippen molar-refractivity contribution >= 4 is 22.3 Å². The summed E-state index contributed by atoms with van der Waals surface area (Å²) in [5.74, 6) is 0. The molecule has 4 aromatic heterocycles. The van der Waals surface area contributed by atoms with E-state index in [0.717, 1.165) is 44.2 Å². The molecule has 0 aliphatic carbocycles. The average molecular weight is 537 g/mol. The molecule has 4 aromatic rings. The zero-order valence-electron chi connectivity index (χ0n) is 26.6. The summed E-state index contributed by atoms with van der Waals surface area (Å²) in [7, 11) is 0. The number of fused-ring (bicyclic) bond motifs is 8. The van der Waals surface area contributed by atoms with E-state index in [9.17, 15) is 0 Å². The van der Waals surface area contributed by atoms with Crippen LogP contribution in [0.4, 0.5) is 0 Å². The van der Waals surface area contributed by atoms with Crippen molar-refractivity contribution in [1.82, 2.24) is 19.9 Å². The predicted molar refractivity (Wildman–Crippen MR) is 170 cm³/mol. The number of hydrogen-bond acceptors (Lipinski definition) is 0. The molecule has 5 rings (SSSR count). The summed E-state index contributed by atoms with van der Waals surface area (Å²) in [5.41, 5.74) is 9.42. The highest BCUT2D eigenvalue weighted by Gasteiger charge is 2.28. The lowest BCUT2D eigenvalue weighted by molar-refractivity contribution is 0.555. The fourth-order valence-electron chi connectivity index (χ4n) is 6.56. The molecule has 4 heteroatoms. The molecule has 5 heterocycles. The van der Waals surface area contributed by atoms with Gasteiger partial charge in [0.2, 0.25) is 0 Å². The monoisotopic (exact) mass is 536 g/mol. The third-order valence-corrected chi connectivity index (χ3v) is 7.90. The summed E-state index contributed by atoms with van der Waals surface area (Å²) in [4.78, 5) is 15.4. The topological polar surface area (TPSA) is 63.2 Å². The zero-order valence-corrected chi connectivity index (χ0v) is 26.6. The summed E-state index contributed by atoms with van der Waals surface area (Å²) in [5, 5.41) is 4.60. The Morgan fingerprint density at radius 2 is 0.500 bits per heavy atom. The molecule has 0 radical (unpaired) electrons. The van der Waals surface area contributed by atoms with E-state index in [4.69, 9.17) is 0 Å². The summed E-state index contributed by atoms with van der Waals surface area (Å²) in [6.45, 7) is 27.5. The average Bonchev–Trinajstić information content (AvgIpc) is 3.55. The van der Waals surface area contributed by atoms with Gasteiger partial charge in [-0.25, -0.2) is 0 Å². The van der Waals surface area contributed by atoms with Crippen molar-refractivity contribution in [3.63, 3.8) is 0 Å². The van der Waals surface area contributed by atoms with Crippen LogP contribution in [0.5, 0.6) is 0 Å². The molecule has 4 N–H and O–H groups in total. The Morgan fingerprint density at radius 1 is 0.300 bits per heavy atom. The third-order valence-electron chi connectivity index (χ3n) is 7.90. The molecule has 0 atom stereocenters.